The number of thiazole rings is 1. The molecule has 0 saturated carbocycles. The summed E-state index contributed by atoms with van der Waals surface area (Å²) in [6.45, 7) is 1.99. The van der Waals surface area contributed by atoms with Gasteiger partial charge in [0.2, 0.25) is 0 Å². The number of nitrogens with zero attached hydrogens (tertiary/aromatic N) is 3. The van der Waals surface area contributed by atoms with Gasteiger partial charge in [0.05, 0.1) is 11.2 Å². The molecule has 0 saturated heterocycles. The van der Waals surface area contributed by atoms with Crippen molar-refractivity contribution in [1.29, 1.82) is 0 Å². The molecule has 2 aromatic rings. The Morgan fingerprint density at radius 3 is 2.93 bits per heavy atom. The molecule has 0 aliphatic carbocycles. The highest BCUT2D eigenvalue weighted by Crippen LogP contribution is 2.17. The third-order valence-electron chi connectivity index (χ3n) is 2.10. The smallest absolute Gasteiger partial charge is 0.0947 e. The van der Waals surface area contributed by atoms with Crippen LogP contribution in [0.5, 0.6) is 0 Å². The Bertz CT molecular complexity index is 426. The van der Waals surface area contributed by atoms with Gasteiger partial charge in [-0.3, -0.25) is 0 Å². The van der Waals surface area contributed by atoms with E-state index in [1.54, 1.807) is 23.7 Å². The maximum Gasteiger partial charge on any atom is 0.0947 e. The van der Waals surface area contributed by atoms with Crippen LogP contribution in [0.3, 0.4) is 0 Å². The highest BCUT2D eigenvalue weighted by molar-refractivity contribution is 7.09. The van der Waals surface area contributed by atoms with E-state index in [1.165, 1.54) is 0 Å². The van der Waals surface area contributed by atoms with E-state index in [-0.39, 0.29) is 6.04 Å². The molecular weight excluding hydrogens is 208 g/mol. The molecule has 78 valence electrons. The van der Waals surface area contributed by atoms with Gasteiger partial charge in [0, 0.05) is 29.7 Å². The zero-order chi connectivity index (χ0) is 10.7. The van der Waals surface area contributed by atoms with Crippen LogP contribution in [-0.2, 0) is 6.42 Å². The van der Waals surface area contributed by atoms with E-state index >= 15 is 0 Å². The molecule has 0 aliphatic heterocycles. The number of aromatic nitrogens is 3. The number of hydrogen-bond acceptors (Lipinski definition) is 5. The lowest BCUT2D eigenvalue weighted by Crippen LogP contribution is -2.13. The first-order valence-corrected chi connectivity index (χ1v) is 5.57. The van der Waals surface area contributed by atoms with Crippen molar-refractivity contribution in [2.75, 3.05) is 0 Å². The van der Waals surface area contributed by atoms with Crippen LogP contribution in [0.4, 0.5) is 0 Å². The molecule has 2 rings (SSSR count). The van der Waals surface area contributed by atoms with E-state index in [0.717, 1.165) is 22.7 Å². The molecule has 0 fully saturated rings. The fourth-order valence-electron chi connectivity index (χ4n) is 1.32. The van der Waals surface area contributed by atoms with E-state index in [0.29, 0.717) is 0 Å². The zero-order valence-corrected chi connectivity index (χ0v) is 9.24. The van der Waals surface area contributed by atoms with Gasteiger partial charge >= 0.3 is 0 Å². The molecule has 1 atom stereocenters. The van der Waals surface area contributed by atoms with Crippen molar-refractivity contribution in [3.8, 4) is 0 Å². The Morgan fingerprint density at radius 2 is 2.33 bits per heavy atom. The standard InChI is InChI=1S/C10H12N4S/c1-7-6-15-10(14-7)4-9(11)8-2-3-12-13-5-8/h2-3,5-6,9H,4,11H2,1H3. The lowest BCUT2D eigenvalue weighted by molar-refractivity contribution is 0.708. The summed E-state index contributed by atoms with van der Waals surface area (Å²) in [4.78, 5) is 4.38. The maximum atomic E-state index is 6.04. The number of rotatable bonds is 3. The van der Waals surface area contributed by atoms with Crippen LogP contribution < -0.4 is 5.73 Å². The minimum Gasteiger partial charge on any atom is -0.324 e. The second kappa shape index (κ2) is 4.46. The van der Waals surface area contributed by atoms with Crippen molar-refractivity contribution in [1.82, 2.24) is 15.2 Å². The predicted octanol–water partition coefficient (Wildman–Crippen LogP) is 1.48. The molecule has 2 N–H and O–H groups in total. The van der Waals surface area contributed by atoms with Crippen LogP contribution in [0, 0.1) is 6.92 Å². The molecule has 2 heterocycles. The molecule has 1 unspecified atom stereocenters. The minimum absolute atomic E-state index is 0.0500. The third kappa shape index (κ3) is 2.57. The highest BCUT2D eigenvalue weighted by atomic mass is 32.1. The second-order valence-electron chi connectivity index (χ2n) is 3.37. The first-order valence-electron chi connectivity index (χ1n) is 4.69. The molecule has 2 aromatic heterocycles. The second-order valence-corrected chi connectivity index (χ2v) is 4.31. The highest BCUT2D eigenvalue weighted by Gasteiger charge is 2.09. The summed E-state index contributed by atoms with van der Waals surface area (Å²) in [6.07, 6.45) is 4.11. The maximum absolute atomic E-state index is 6.04. The molecule has 0 radical (unpaired) electrons. The lowest BCUT2D eigenvalue weighted by atomic mass is 10.1. The van der Waals surface area contributed by atoms with Crippen molar-refractivity contribution in [3.05, 3.63) is 40.1 Å². The minimum atomic E-state index is -0.0500. The van der Waals surface area contributed by atoms with Crippen molar-refractivity contribution in [2.24, 2.45) is 5.73 Å². The van der Waals surface area contributed by atoms with Crippen molar-refractivity contribution in [3.63, 3.8) is 0 Å². The van der Waals surface area contributed by atoms with Gasteiger partial charge in [0.15, 0.2) is 0 Å². The summed E-state index contributed by atoms with van der Waals surface area (Å²) in [5.41, 5.74) is 8.08. The van der Waals surface area contributed by atoms with Gasteiger partial charge in [0.25, 0.3) is 0 Å². The Kier molecular flexibility index (Phi) is 3.03. The van der Waals surface area contributed by atoms with E-state index in [2.05, 4.69) is 15.2 Å². The molecule has 0 spiro atoms. The van der Waals surface area contributed by atoms with Crippen LogP contribution in [-0.4, -0.2) is 15.2 Å². The summed E-state index contributed by atoms with van der Waals surface area (Å²) < 4.78 is 0. The Morgan fingerprint density at radius 1 is 1.47 bits per heavy atom. The Labute approximate surface area is 92.2 Å². The van der Waals surface area contributed by atoms with Crippen molar-refractivity contribution < 1.29 is 0 Å². The monoisotopic (exact) mass is 220 g/mol. The predicted molar refractivity (Wildman–Crippen MR) is 59.5 cm³/mol. The quantitative estimate of drug-likeness (QED) is 0.851. The van der Waals surface area contributed by atoms with Crippen LogP contribution in [0.1, 0.15) is 22.3 Å². The van der Waals surface area contributed by atoms with Crippen LogP contribution >= 0.6 is 11.3 Å². The molecule has 0 aromatic carbocycles. The number of hydrogen-bond donors (Lipinski definition) is 1. The van der Waals surface area contributed by atoms with E-state index < -0.39 is 0 Å². The fourth-order valence-corrected chi connectivity index (χ4v) is 2.15. The first-order chi connectivity index (χ1) is 7.25. The lowest BCUT2D eigenvalue weighted by Gasteiger charge is -2.08. The number of nitrogens with two attached hydrogens (primary N) is 1. The number of aryl methyl sites for hydroxylation is 1. The van der Waals surface area contributed by atoms with Gasteiger partial charge in [-0.1, -0.05) is 0 Å². The van der Waals surface area contributed by atoms with Crippen LogP contribution in [0.25, 0.3) is 0 Å². The third-order valence-corrected chi connectivity index (χ3v) is 3.09. The molecule has 0 amide bonds. The SMILES string of the molecule is Cc1csc(CC(N)c2ccnnc2)n1. The summed E-state index contributed by atoms with van der Waals surface area (Å²) in [5, 5.41) is 10.6. The van der Waals surface area contributed by atoms with Crippen LogP contribution in [0.15, 0.2) is 23.8 Å². The van der Waals surface area contributed by atoms with E-state index in [4.69, 9.17) is 5.73 Å². The molecule has 4 nitrogen and oxygen atoms in total. The zero-order valence-electron chi connectivity index (χ0n) is 8.42. The van der Waals surface area contributed by atoms with Gasteiger partial charge in [0.1, 0.15) is 0 Å². The first kappa shape index (κ1) is 10.2. The molecule has 0 bridgehead atoms. The summed E-state index contributed by atoms with van der Waals surface area (Å²) in [5.74, 6) is 0. The molecule has 0 aliphatic rings. The van der Waals surface area contributed by atoms with Gasteiger partial charge in [-0.05, 0) is 18.6 Å². The van der Waals surface area contributed by atoms with Gasteiger partial charge in [-0.25, -0.2) is 4.98 Å². The normalized spacial score (nSPS) is 12.7. The van der Waals surface area contributed by atoms with Crippen molar-refractivity contribution >= 4 is 11.3 Å². The topological polar surface area (TPSA) is 64.7 Å². The molecular formula is C10H12N4S. The summed E-state index contributed by atoms with van der Waals surface area (Å²) >= 11 is 1.65. The molecule has 5 heteroatoms. The largest absolute Gasteiger partial charge is 0.324 e. The summed E-state index contributed by atoms with van der Waals surface area (Å²) in [7, 11) is 0. The average Bonchev–Trinajstić information content (AvgIpc) is 2.65. The Hall–Kier alpha value is -1.33. The van der Waals surface area contributed by atoms with E-state index in [9.17, 15) is 0 Å². The van der Waals surface area contributed by atoms with Gasteiger partial charge in [-0.15, -0.1) is 11.3 Å². The van der Waals surface area contributed by atoms with Crippen LogP contribution in [0.2, 0.25) is 0 Å². The fraction of sp³-hybridized carbons (Fsp3) is 0.300. The van der Waals surface area contributed by atoms with Crippen molar-refractivity contribution in [2.45, 2.75) is 19.4 Å². The van der Waals surface area contributed by atoms with E-state index in [1.807, 2.05) is 18.4 Å². The molecule has 15 heavy (non-hydrogen) atoms. The van der Waals surface area contributed by atoms with Gasteiger partial charge in [-0.2, -0.15) is 10.2 Å². The summed E-state index contributed by atoms with van der Waals surface area (Å²) in [6, 6.07) is 1.84. The Balaban J connectivity index is 2.07. The average molecular weight is 220 g/mol. The van der Waals surface area contributed by atoms with Gasteiger partial charge < -0.3 is 5.73 Å².